The van der Waals surface area contributed by atoms with Gasteiger partial charge in [0.25, 0.3) is 0 Å². The van der Waals surface area contributed by atoms with Crippen LogP contribution in [0.2, 0.25) is 0 Å². The van der Waals surface area contributed by atoms with Crippen LogP contribution >= 0.6 is 0 Å². The Bertz CT molecular complexity index is 1030. The van der Waals surface area contributed by atoms with Crippen molar-refractivity contribution in [3.8, 4) is 0 Å². The fourth-order valence-electron chi connectivity index (χ4n) is 7.89. The molecule has 0 aromatic carbocycles. The van der Waals surface area contributed by atoms with Gasteiger partial charge in [0.2, 0.25) is 5.91 Å². The van der Waals surface area contributed by atoms with Gasteiger partial charge in [-0.25, -0.2) is 0 Å². The number of hydrogen-bond donors (Lipinski definition) is 6. The molecule has 6 N–H and O–H groups in total. The Morgan fingerprint density at radius 1 is 0.550 bits per heavy atom. The number of carbonyl (C=O) groups is 1. The molecule has 0 aromatic heterocycles. The maximum absolute atomic E-state index is 13.0. The summed E-state index contributed by atoms with van der Waals surface area (Å²) in [5, 5.41) is 54.3. The van der Waals surface area contributed by atoms with Gasteiger partial charge in [-0.3, -0.25) is 4.79 Å². The van der Waals surface area contributed by atoms with Gasteiger partial charge < -0.3 is 40.3 Å². The first-order valence-corrected chi connectivity index (χ1v) is 25.2. The molecule has 0 spiro atoms. The Kier molecular flexibility index (Phi) is 39.0. The smallest absolute Gasteiger partial charge is 0.220 e. The number of carbonyl (C=O) groups excluding carboxylic acids is 1. The molecule has 1 fully saturated rings. The van der Waals surface area contributed by atoms with Gasteiger partial charge in [-0.15, -0.1) is 0 Å². The van der Waals surface area contributed by atoms with E-state index >= 15 is 0 Å². The molecule has 60 heavy (non-hydrogen) atoms. The van der Waals surface area contributed by atoms with E-state index in [4.69, 9.17) is 9.47 Å². The molecule has 1 saturated heterocycles. The van der Waals surface area contributed by atoms with Gasteiger partial charge in [-0.2, -0.15) is 0 Å². The molecule has 0 aromatic rings. The molecule has 0 radical (unpaired) electrons. The number of allylic oxidation sites excluding steroid dienone is 5. The van der Waals surface area contributed by atoms with E-state index in [2.05, 4.69) is 43.5 Å². The lowest BCUT2D eigenvalue weighted by atomic mass is 9.99. The zero-order valence-electron chi connectivity index (χ0n) is 38.7. The normalized spacial score (nSPS) is 20.8. The van der Waals surface area contributed by atoms with Crippen LogP contribution in [0, 0.1) is 0 Å². The number of aliphatic hydroxyl groups excluding tert-OH is 5. The number of amides is 1. The second-order valence-corrected chi connectivity index (χ2v) is 17.6. The van der Waals surface area contributed by atoms with Gasteiger partial charge in [0.15, 0.2) is 6.29 Å². The van der Waals surface area contributed by atoms with E-state index in [0.29, 0.717) is 6.42 Å². The van der Waals surface area contributed by atoms with Gasteiger partial charge >= 0.3 is 0 Å². The van der Waals surface area contributed by atoms with E-state index in [-0.39, 0.29) is 12.5 Å². The SMILES string of the molecule is CCCCCCCCCCCCC/C=C/CC/C=C/CC/C=C/C(O)C(COC1OC(CO)C(O)C(O)C1O)NC(=O)CCCCCCCCCCCCCCCCCC. The summed E-state index contributed by atoms with van der Waals surface area (Å²) in [4.78, 5) is 13.0. The fourth-order valence-corrected chi connectivity index (χ4v) is 7.89. The van der Waals surface area contributed by atoms with Crippen molar-refractivity contribution in [2.24, 2.45) is 0 Å². The molecule has 0 aliphatic carbocycles. The Morgan fingerprint density at radius 3 is 1.40 bits per heavy atom. The van der Waals surface area contributed by atoms with Gasteiger partial charge in [0.1, 0.15) is 24.4 Å². The summed E-state index contributed by atoms with van der Waals surface area (Å²) in [6.45, 7) is 3.77. The minimum Gasteiger partial charge on any atom is -0.394 e. The molecule has 352 valence electrons. The topological polar surface area (TPSA) is 149 Å². The maximum Gasteiger partial charge on any atom is 0.220 e. The fraction of sp³-hybridized carbons (Fsp3) is 0.863. The van der Waals surface area contributed by atoms with E-state index in [1.54, 1.807) is 6.08 Å². The second-order valence-electron chi connectivity index (χ2n) is 17.6. The molecular formula is C51H95NO8. The number of aliphatic hydroxyl groups is 5. The summed E-state index contributed by atoms with van der Waals surface area (Å²) in [6.07, 6.45) is 44.8. The van der Waals surface area contributed by atoms with Crippen molar-refractivity contribution in [1.82, 2.24) is 5.32 Å². The minimum absolute atomic E-state index is 0.189. The molecule has 1 amide bonds. The summed E-state index contributed by atoms with van der Waals surface area (Å²) in [7, 11) is 0. The van der Waals surface area contributed by atoms with Crippen LogP contribution in [0.1, 0.15) is 226 Å². The molecule has 1 aliphatic heterocycles. The summed E-state index contributed by atoms with van der Waals surface area (Å²) in [5.74, 6) is -0.189. The van der Waals surface area contributed by atoms with E-state index in [9.17, 15) is 30.3 Å². The lowest BCUT2D eigenvalue weighted by molar-refractivity contribution is -0.302. The monoisotopic (exact) mass is 850 g/mol. The van der Waals surface area contributed by atoms with Crippen LogP contribution in [0.3, 0.4) is 0 Å². The summed E-state index contributed by atoms with van der Waals surface area (Å²) < 4.78 is 11.2. The largest absolute Gasteiger partial charge is 0.394 e. The Balaban J connectivity index is 2.35. The third kappa shape index (κ3) is 31.3. The summed E-state index contributed by atoms with van der Waals surface area (Å²) in [5.41, 5.74) is 0. The average Bonchev–Trinajstić information content (AvgIpc) is 3.25. The number of ether oxygens (including phenoxy) is 2. The Morgan fingerprint density at radius 2 is 0.950 bits per heavy atom. The standard InChI is InChI=1S/C51H95NO8/c1-3-5-7-9-11-13-15-17-19-21-22-23-24-25-26-28-30-32-34-36-38-40-45(54)44(43-59-51-50(58)49(57)48(56)46(42-53)60-51)52-47(55)41-39-37-35-33-31-29-27-20-18-16-14-12-10-8-6-4-2/h24-25,30,32,38,40,44-46,48-51,53-54,56-58H,3-23,26-29,31,33-37,39,41-43H2,1-2H3,(H,52,55)/b25-24+,32-30+,40-38+. The molecule has 9 nitrogen and oxygen atoms in total. The zero-order chi connectivity index (χ0) is 43.7. The van der Waals surface area contributed by atoms with Crippen molar-refractivity contribution in [2.45, 2.75) is 269 Å². The highest BCUT2D eigenvalue weighted by Crippen LogP contribution is 2.23. The van der Waals surface area contributed by atoms with E-state index < -0.39 is 49.5 Å². The highest BCUT2D eigenvalue weighted by atomic mass is 16.7. The predicted octanol–water partition coefficient (Wildman–Crippen LogP) is 11.2. The van der Waals surface area contributed by atoms with Crippen LogP contribution in [-0.2, 0) is 14.3 Å². The molecule has 7 unspecified atom stereocenters. The van der Waals surface area contributed by atoms with Crippen molar-refractivity contribution in [3.63, 3.8) is 0 Å². The van der Waals surface area contributed by atoms with Gasteiger partial charge in [-0.1, -0.05) is 211 Å². The van der Waals surface area contributed by atoms with E-state index in [1.807, 2.05) is 6.08 Å². The molecule has 9 heteroatoms. The van der Waals surface area contributed by atoms with Crippen LogP contribution in [0.15, 0.2) is 36.5 Å². The minimum atomic E-state index is -1.57. The van der Waals surface area contributed by atoms with Crippen molar-refractivity contribution < 1.29 is 39.8 Å². The van der Waals surface area contributed by atoms with Gasteiger partial charge in [0.05, 0.1) is 25.4 Å². The van der Waals surface area contributed by atoms with E-state index in [0.717, 1.165) is 44.9 Å². The van der Waals surface area contributed by atoms with Crippen molar-refractivity contribution in [3.05, 3.63) is 36.5 Å². The van der Waals surface area contributed by atoms with Gasteiger partial charge in [0, 0.05) is 6.42 Å². The van der Waals surface area contributed by atoms with Crippen LogP contribution in [0.5, 0.6) is 0 Å². The quantitative estimate of drug-likeness (QED) is 0.0263. The molecule has 0 saturated carbocycles. The third-order valence-electron chi connectivity index (χ3n) is 11.9. The third-order valence-corrected chi connectivity index (χ3v) is 11.9. The summed E-state index contributed by atoms with van der Waals surface area (Å²) in [6, 6.07) is -0.824. The Hall–Kier alpha value is -1.59. The number of hydrogen-bond acceptors (Lipinski definition) is 8. The molecule has 1 aliphatic rings. The number of nitrogens with one attached hydrogen (secondary N) is 1. The number of rotatable bonds is 42. The molecule has 7 atom stereocenters. The van der Waals surface area contributed by atoms with Crippen LogP contribution in [0.4, 0.5) is 0 Å². The van der Waals surface area contributed by atoms with Gasteiger partial charge in [-0.05, 0) is 44.9 Å². The first-order valence-electron chi connectivity index (χ1n) is 25.2. The maximum atomic E-state index is 13.0. The predicted molar refractivity (Wildman–Crippen MR) is 249 cm³/mol. The van der Waals surface area contributed by atoms with Crippen molar-refractivity contribution >= 4 is 5.91 Å². The molecular weight excluding hydrogens is 755 g/mol. The van der Waals surface area contributed by atoms with Crippen LogP contribution < -0.4 is 5.32 Å². The lowest BCUT2D eigenvalue weighted by Crippen LogP contribution is -2.60. The zero-order valence-corrected chi connectivity index (χ0v) is 38.7. The van der Waals surface area contributed by atoms with E-state index in [1.165, 1.54) is 161 Å². The highest BCUT2D eigenvalue weighted by molar-refractivity contribution is 5.76. The Labute approximate surface area is 368 Å². The first-order chi connectivity index (χ1) is 29.3. The summed E-state index contributed by atoms with van der Waals surface area (Å²) >= 11 is 0. The van der Waals surface area contributed by atoms with Crippen molar-refractivity contribution in [2.75, 3.05) is 13.2 Å². The number of unbranched alkanes of at least 4 members (excludes halogenated alkanes) is 28. The molecule has 0 bridgehead atoms. The average molecular weight is 850 g/mol. The highest BCUT2D eigenvalue weighted by Gasteiger charge is 2.44. The van der Waals surface area contributed by atoms with Crippen LogP contribution in [-0.4, -0.2) is 87.5 Å². The molecule has 1 heterocycles. The van der Waals surface area contributed by atoms with Crippen LogP contribution in [0.25, 0.3) is 0 Å². The second kappa shape index (κ2) is 41.4. The van der Waals surface area contributed by atoms with Crippen molar-refractivity contribution in [1.29, 1.82) is 0 Å². The molecule has 1 rings (SSSR count). The lowest BCUT2D eigenvalue weighted by Gasteiger charge is -2.40. The first kappa shape index (κ1) is 56.4.